The molecule has 98 valence electrons. The molecule has 1 aliphatic rings. The van der Waals surface area contributed by atoms with E-state index in [1.165, 1.54) is 0 Å². The molecule has 0 atom stereocenters. The van der Waals surface area contributed by atoms with E-state index in [9.17, 15) is 9.90 Å². The molecule has 18 heavy (non-hydrogen) atoms. The van der Waals surface area contributed by atoms with Gasteiger partial charge in [-0.15, -0.1) is 0 Å². The number of hydrogen-bond acceptors (Lipinski definition) is 2. The number of benzene rings is 1. The summed E-state index contributed by atoms with van der Waals surface area (Å²) in [5.41, 5.74) is 2.23. The Morgan fingerprint density at radius 3 is 2.44 bits per heavy atom. The molecule has 0 aliphatic heterocycles. The first-order valence-corrected chi connectivity index (χ1v) is 6.81. The zero-order valence-electron chi connectivity index (χ0n) is 10.8. The highest BCUT2D eigenvalue weighted by molar-refractivity contribution is 9.10. The number of ether oxygens (including phenoxy) is 1. The summed E-state index contributed by atoms with van der Waals surface area (Å²) in [6.45, 7) is 4.00. The van der Waals surface area contributed by atoms with Crippen molar-refractivity contribution in [2.24, 2.45) is 0 Å². The van der Waals surface area contributed by atoms with Crippen molar-refractivity contribution in [3.05, 3.63) is 27.2 Å². The number of carboxylic acid groups (broad SMARTS) is 1. The third-order valence-electron chi connectivity index (χ3n) is 4.06. The maximum absolute atomic E-state index is 11.6. The van der Waals surface area contributed by atoms with Gasteiger partial charge in [-0.05, 0) is 53.7 Å². The maximum atomic E-state index is 11.6. The van der Waals surface area contributed by atoms with E-state index in [-0.39, 0.29) is 0 Å². The Kier molecular flexibility index (Phi) is 3.41. The van der Waals surface area contributed by atoms with Crippen LogP contribution in [0.4, 0.5) is 0 Å². The van der Waals surface area contributed by atoms with E-state index in [1.807, 2.05) is 19.9 Å². The number of methoxy groups -OCH3 is 1. The van der Waals surface area contributed by atoms with Gasteiger partial charge in [-0.1, -0.05) is 12.5 Å². The number of carboxylic acids is 1. The van der Waals surface area contributed by atoms with Crippen LogP contribution in [0.2, 0.25) is 0 Å². The van der Waals surface area contributed by atoms with Crippen LogP contribution in [0, 0.1) is 13.8 Å². The minimum absolute atomic E-state index is 0.667. The first kappa shape index (κ1) is 13.4. The van der Waals surface area contributed by atoms with Gasteiger partial charge in [0, 0.05) is 5.56 Å². The number of aryl methyl sites for hydroxylation is 1. The smallest absolute Gasteiger partial charge is 0.314 e. The summed E-state index contributed by atoms with van der Waals surface area (Å²) in [5, 5.41) is 9.54. The van der Waals surface area contributed by atoms with E-state index in [0.717, 1.165) is 27.6 Å². The lowest BCUT2D eigenvalue weighted by Crippen LogP contribution is -2.42. The monoisotopic (exact) mass is 312 g/mol. The molecule has 1 fully saturated rings. The molecule has 0 spiro atoms. The van der Waals surface area contributed by atoms with Crippen LogP contribution in [0.3, 0.4) is 0 Å². The van der Waals surface area contributed by atoms with E-state index >= 15 is 0 Å². The predicted molar refractivity (Wildman–Crippen MR) is 73.3 cm³/mol. The van der Waals surface area contributed by atoms with Gasteiger partial charge in [0.1, 0.15) is 5.75 Å². The van der Waals surface area contributed by atoms with Crippen LogP contribution in [0.1, 0.15) is 36.0 Å². The molecule has 1 aromatic rings. The fourth-order valence-corrected chi connectivity index (χ4v) is 3.22. The molecular formula is C14H17BrO3. The van der Waals surface area contributed by atoms with Crippen molar-refractivity contribution in [2.45, 2.75) is 38.5 Å². The number of carbonyl (C=O) groups is 1. The first-order valence-electron chi connectivity index (χ1n) is 6.01. The third kappa shape index (κ3) is 1.74. The van der Waals surface area contributed by atoms with Crippen molar-refractivity contribution in [2.75, 3.05) is 7.11 Å². The summed E-state index contributed by atoms with van der Waals surface area (Å²) in [6.07, 6.45) is 2.33. The van der Waals surface area contributed by atoms with Gasteiger partial charge in [0.25, 0.3) is 0 Å². The average molecular weight is 313 g/mol. The first-order chi connectivity index (χ1) is 8.44. The summed E-state index contributed by atoms with van der Waals surface area (Å²) in [7, 11) is 1.59. The molecule has 0 unspecified atom stereocenters. The van der Waals surface area contributed by atoms with Crippen molar-refractivity contribution >= 4 is 21.9 Å². The fraction of sp³-hybridized carbons (Fsp3) is 0.500. The molecule has 1 N–H and O–H groups in total. The molecule has 1 saturated carbocycles. The topological polar surface area (TPSA) is 46.5 Å². The van der Waals surface area contributed by atoms with Crippen molar-refractivity contribution in [1.29, 1.82) is 0 Å². The van der Waals surface area contributed by atoms with Gasteiger partial charge in [0.05, 0.1) is 17.0 Å². The van der Waals surface area contributed by atoms with Gasteiger partial charge in [-0.25, -0.2) is 0 Å². The highest BCUT2D eigenvalue weighted by Gasteiger charge is 2.48. The lowest BCUT2D eigenvalue weighted by molar-refractivity contribution is -0.147. The summed E-state index contributed by atoms with van der Waals surface area (Å²) in [4.78, 5) is 11.6. The summed E-state index contributed by atoms with van der Waals surface area (Å²) in [6, 6.07) is 1.96. The van der Waals surface area contributed by atoms with Gasteiger partial charge in [0.2, 0.25) is 0 Å². The highest BCUT2D eigenvalue weighted by atomic mass is 79.9. The number of aliphatic carboxylic acids is 1. The third-order valence-corrected chi connectivity index (χ3v) is 5.02. The second kappa shape index (κ2) is 4.57. The van der Waals surface area contributed by atoms with Crippen molar-refractivity contribution < 1.29 is 14.6 Å². The SMILES string of the molecule is COc1c(C2(C(=O)O)CCC2)cc(C)c(C)c1Br. The maximum Gasteiger partial charge on any atom is 0.314 e. The molecule has 0 heterocycles. The van der Waals surface area contributed by atoms with E-state index in [0.29, 0.717) is 18.6 Å². The Morgan fingerprint density at radius 1 is 1.44 bits per heavy atom. The van der Waals surface area contributed by atoms with E-state index in [1.54, 1.807) is 7.11 Å². The zero-order valence-corrected chi connectivity index (χ0v) is 12.4. The average Bonchev–Trinajstić information content (AvgIpc) is 2.24. The summed E-state index contributed by atoms with van der Waals surface area (Å²) < 4.78 is 6.30. The molecule has 1 aliphatic carbocycles. The van der Waals surface area contributed by atoms with Crippen LogP contribution in [0.5, 0.6) is 5.75 Å². The van der Waals surface area contributed by atoms with Crippen LogP contribution >= 0.6 is 15.9 Å². The minimum Gasteiger partial charge on any atom is -0.495 e. The fourth-order valence-electron chi connectivity index (χ4n) is 2.54. The Labute approximate surface area is 115 Å². The van der Waals surface area contributed by atoms with E-state index in [2.05, 4.69) is 15.9 Å². The predicted octanol–water partition coefficient (Wildman–Crippen LogP) is 3.58. The molecule has 0 radical (unpaired) electrons. The van der Waals surface area contributed by atoms with Crippen molar-refractivity contribution in [1.82, 2.24) is 0 Å². The van der Waals surface area contributed by atoms with Gasteiger partial charge in [0.15, 0.2) is 0 Å². The second-order valence-corrected chi connectivity index (χ2v) is 5.75. The van der Waals surface area contributed by atoms with Crippen LogP contribution in [-0.2, 0) is 10.2 Å². The Balaban J connectivity index is 2.67. The van der Waals surface area contributed by atoms with Gasteiger partial charge in [-0.3, -0.25) is 4.79 Å². The largest absolute Gasteiger partial charge is 0.495 e. The Morgan fingerprint density at radius 2 is 2.06 bits per heavy atom. The van der Waals surface area contributed by atoms with Crippen molar-refractivity contribution in [3.63, 3.8) is 0 Å². The molecule has 0 bridgehead atoms. The van der Waals surface area contributed by atoms with Gasteiger partial charge in [-0.2, -0.15) is 0 Å². The molecular weight excluding hydrogens is 296 g/mol. The second-order valence-electron chi connectivity index (χ2n) is 4.95. The zero-order chi connectivity index (χ0) is 13.5. The number of halogens is 1. The van der Waals surface area contributed by atoms with Crippen LogP contribution in [0.15, 0.2) is 10.5 Å². The number of rotatable bonds is 3. The van der Waals surface area contributed by atoms with Gasteiger partial charge >= 0.3 is 5.97 Å². The van der Waals surface area contributed by atoms with Crippen LogP contribution in [0.25, 0.3) is 0 Å². The summed E-state index contributed by atoms with van der Waals surface area (Å²) in [5.74, 6) is -0.0811. The summed E-state index contributed by atoms with van der Waals surface area (Å²) >= 11 is 3.52. The van der Waals surface area contributed by atoms with Crippen molar-refractivity contribution in [3.8, 4) is 5.75 Å². The molecule has 4 heteroatoms. The Bertz CT molecular complexity index is 504. The van der Waals surface area contributed by atoms with E-state index < -0.39 is 11.4 Å². The van der Waals surface area contributed by atoms with Gasteiger partial charge < -0.3 is 9.84 Å². The molecule has 2 rings (SSSR count). The molecule has 0 aromatic heterocycles. The number of hydrogen-bond donors (Lipinski definition) is 1. The quantitative estimate of drug-likeness (QED) is 0.928. The van der Waals surface area contributed by atoms with Crippen LogP contribution < -0.4 is 4.74 Å². The lowest BCUT2D eigenvalue weighted by Gasteiger charge is -2.39. The highest BCUT2D eigenvalue weighted by Crippen LogP contribution is 2.50. The standard InChI is InChI=1S/C14H17BrO3/c1-8-7-10(12(18-3)11(15)9(8)2)14(13(16)17)5-4-6-14/h7H,4-6H2,1-3H3,(H,16,17). The molecule has 3 nitrogen and oxygen atoms in total. The molecule has 0 amide bonds. The lowest BCUT2D eigenvalue weighted by atomic mass is 9.64. The normalized spacial score (nSPS) is 17.1. The molecule has 0 saturated heterocycles. The molecule has 1 aromatic carbocycles. The van der Waals surface area contributed by atoms with E-state index in [4.69, 9.17) is 4.74 Å². The Hall–Kier alpha value is -1.03. The van der Waals surface area contributed by atoms with Crippen LogP contribution in [-0.4, -0.2) is 18.2 Å². The minimum atomic E-state index is -0.758.